The number of carbonyl (C=O) groups excluding carboxylic acids is 2. The van der Waals surface area contributed by atoms with Gasteiger partial charge in [0.25, 0.3) is 0 Å². The molecule has 2 fully saturated rings. The highest BCUT2D eigenvalue weighted by atomic mass is 16.2. The van der Waals surface area contributed by atoms with Crippen LogP contribution in [0.4, 0.5) is 0 Å². The summed E-state index contributed by atoms with van der Waals surface area (Å²) in [4.78, 5) is 31.1. The van der Waals surface area contributed by atoms with Crippen LogP contribution in [0.1, 0.15) is 46.0 Å². The van der Waals surface area contributed by atoms with E-state index in [1.54, 1.807) is 0 Å². The molecule has 2 unspecified atom stereocenters. The predicted octanol–water partition coefficient (Wildman–Crippen LogP) is 0.907. The van der Waals surface area contributed by atoms with Gasteiger partial charge < -0.3 is 15.5 Å². The first kappa shape index (κ1) is 19.2. The Morgan fingerprint density at radius 2 is 1.79 bits per heavy atom. The molecule has 1 aliphatic heterocycles. The molecule has 0 spiro atoms. The molecule has 2 N–H and O–H groups in total. The lowest BCUT2D eigenvalue weighted by molar-refractivity contribution is -0.136. The highest BCUT2D eigenvalue weighted by molar-refractivity contribution is 5.79. The summed E-state index contributed by atoms with van der Waals surface area (Å²) in [7, 11) is 0. The predicted molar refractivity (Wildman–Crippen MR) is 95.5 cm³/mol. The SMILES string of the molecule is CCN(CC)C(=O)CN1CCCN(C(=O)C2CCCC(N)C2)CC1. The van der Waals surface area contributed by atoms with E-state index in [4.69, 9.17) is 5.73 Å². The van der Waals surface area contributed by atoms with Crippen molar-refractivity contribution in [2.24, 2.45) is 11.7 Å². The average molecular weight is 338 g/mol. The van der Waals surface area contributed by atoms with Crippen LogP contribution in [0.25, 0.3) is 0 Å². The number of hydrogen-bond donors (Lipinski definition) is 1. The van der Waals surface area contributed by atoms with E-state index in [1.165, 1.54) is 0 Å². The van der Waals surface area contributed by atoms with Gasteiger partial charge in [0.15, 0.2) is 0 Å². The molecule has 0 bridgehead atoms. The standard InChI is InChI=1S/C18H34N4O2/c1-3-21(4-2)17(23)14-20-9-6-10-22(12-11-20)18(24)15-7-5-8-16(19)13-15/h15-16H,3-14,19H2,1-2H3. The second kappa shape index (κ2) is 9.37. The maximum atomic E-state index is 12.8. The molecule has 2 aliphatic rings. The molecule has 1 heterocycles. The van der Waals surface area contributed by atoms with E-state index in [2.05, 4.69) is 4.90 Å². The number of amides is 2. The molecule has 138 valence electrons. The van der Waals surface area contributed by atoms with E-state index in [-0.39, 0.29) is 23.8 Å². The molecule has 0 aromatic rings. The van der Waals surface area contributed by atoms with E-state index in [0.717, 1.165) is 71.4 Å². The van der Waals surface area contributed by atoms with Gasteiger partial charge in [0.1, 0.15) is 0 Å². The van der Waals surface area contributed by atoms with Crippen LogP contribution in [0, 0.1) is 5.92 Å². The van der Waals surface area contributed by atoms with E-state index in [1.807, 2.05) is 23.6 Å². The Labute approximate surface area is 146 Å². The third-order valence-electron chi connectivity index (χ3n) is 5.44. The Bertz CT molecular complexity index is 425. The highest BCUT2D eigenvalue weighted by Crippen LogP contribution is 2.25. The summed E-state index contributed by atoms with van der Waals surface area (Å²) in [6, 6.07) is 0.183. The van der Waals surface area contributed by atoms with Crippen LogP contribution in [0.3, 0.4) is 0 Å². The second-order valence-corrected chi connectivity index (χ2v) is 7.14. The van der Waals surface area contributed by atoms with Crippen LogP contribution >= 0.6 is 0 Å². The summed E-state index contributed by atoms with van der Waals surface area (Å²) in [6.07, 6.45) is 4.86. The summed E-state index contributed by atoms with van der Waals surface area (Å²) in [6.45, 7) is 9.23. The van der Waals surface area contributed by atoms with E-state index in [0.29, 0.717) is 6.54 Å². The lowest BCUT2D eigenvalue weighted by Crippen LogP contribution is -2.43. The molecule has 1 saturated heterocycles. The zero-order chi connectivity index (χ0) is 17.5. The number of nitrogens with zero attached hydrogens (tertiary/aromatic N) is 3. The quantitative estimate of drug-likeness (QED) is 0.809. The highest BCUT2D eigenvalue weighted by Gasteiger charge is 2.30. The van der Waals surface area contributed by atoms with Crippen molar-refractivity contribution in [1.29, 1.82) is 0 Å². The topological polar surface area (TPSA) is 69.9 Å². The van der Waals surface area contributed by atoms with Gasteiger partial charge in [-0.2, -0.15) is 0 Å². The Morgan fingerprint density at radius 3 is 2.46 bits per heavy atom. The van der Waals surface area contributed by atoms with E-state index < -0.39 is 0 Å². The fourth-order valence-corrected chi connectivity index (χ4v) is 3.93. The smallest absolute Gasteiger partial charge is 0.236 e. The normalized spacial score (nSPS) is 26.0. The second-order valence-electron chi connectivity index (χ2n) is 7.14. The first-order valence-electron chi connectivity index (χ1n) is 9.59. The summed E-state index contributed by atoms with van der Waals surface area (Å²) in [5.41, 5.74) is 6.03. The fraction of sp³-hybridized carbons (Fsp3) is 0.889. The largest absolute Gasteiger partial charge is 0.342 e. The van der Waals surface area contributed by atoms with Crippen LogP contribution in [-0.2, 0) is 9.59 Å². The molecule has 2 atom stereocenters. The van der Waals surface area contributed by atoms with Crippen LogP contribution in [0.2, 0.25) is 0 Å². The Kier molecular flexibility index (Phi) is 7.49. The van der Waals surface area contributed by atoms with Crippen molar-refractivity contribution in [1.82, 2.24) is 14.7 Å². The van der Waals surface area contributed by atoms with Crippen molar-refractivity contribution in [2.45, 2.75) is 52.0 Å². The van der Waals surface area contributed by atoms with E-state index in [9.17, 15) is 9.59 Å². The molecule has 2 rings (SSSR count). The van der Waals surface area contributed by atoms with Gasteiger partial charge in [-0.3, -0.25) is 14.5 Å². The third-order valence-corrected chi connectivity index (χ3v) is 5.44. The summed E-state index contributed by atoms with van der Waals surface area (Å²) >= 11 is 0. The molecule has 1 aliphatic carbocycles. The maximum Gasteiger partial charge on any atom is 0.236 e. The molecule has 2 amide bonds. The molecule has 6 nitrogen and oxygen atoms in total. The van der Waals surface area contributed by atoms with Crippen molar-refractivity contribution < 1.29 is 9.59 Å². The molecule has 0 radical (unpaired) electrons. The lowest BCUT2D eigenvalue weighted by atomic mass is 9.85. The van der Waals surface area contributed by atoms with Gasteiger partial charge in [0.2, 0.25) is 11.8 Å². The van der Waals surface area contributed by atoms with Crippen molar-refractivity contribution >= 4 is 11.8 Å². The van der Waals surface area contributed by atoms with Gasteiger partial charge in [-0.1, -0.05) is 6.42 Å². The van der Waals surface area contributed by atoms with Crippen LogP contribution in [0.15, 0.2) is 0 Å². The van der Waals surface area contributed by atoms with Gasteiger partial charge in [-0.05, 0) is 39.5 Å². The zero-order valence-corrected chi connectivity index (χ0v) is 15.4. The van der Waals surface area contributed by atoms with Crippen molar-refractivity contribution in [3.05, 3.63) is 0 Å². The molecule has 0 aromatic carbocycles. The van der Waals surface area contributed by atoms with E-state index >= 15 is 0 Å². The van der Waals surface area contributed by atoms with Gasteiger partial charge >= 0.3 is 0 Å². The zero-order valence-electron chi connectivity index (χ0n) is 15.4. The average Bonchev–Trinajstić information content (AvgIpc) is 2.81. The van der Waals surface area contributed by atoms with Crippen molar-refractivity contribution in [2.75, 3.05) is 45.8 Å². The van der Waals surface area contributed by atoms with Crippen molar-refractivity contribution in [3.63, 3.8) is 0 Å². The minimum absolute atomic E-state index is 0.109. The van der Waals surface area contributed by atoms with Crippen LogP contribution in [-0.4, -0.2) is 78.4 Å². The van der Waals surface area contributed by atoms with Gasteiger partial charge in [-0.15, -0.1) is 0 Å². The van der Waals surface area contributed by atoms with Gasteiger partial charge in [0.05, 0.1) is 6.54 Å². The number of nitrogens with two attached hydrogens (primary N) is 1. The summed E-state index contributed by atoms with van der Waals surface area (Å²) in [5, 5.41) is 0. The Balaban J connectivity index is 1.83. The van der Waals surface area contributed by atoms with Crippen molar-refractivity contribution in [3.8, 4) is 0 Å². The number of rotatable bonds is 5. The van der Waals surface area contributed by atoms with Crippen LogP contribution in [0.5, 0.6) is 0 Å². The van der Waals surface area contributed by atoms with Crippen LogP contribution < -0.4 is 5.73 Å². The minimum atomic E-state index is 0.109. The molecular formula is C18H34N4O2. The lowest BCUT2D eigenvalue weighted by Gasteiger charge is -2.31. The monoisotopic (exact) mass is 338 g/mol. The molecule has 24 heavy (non-hydrogen) atoms. The number of carbonyl (C=O) groups is 2. The summed E-state index contributed by atoms with van der Waals surface area (Å²) < 4.78 is 0. The first-order chi connectivity index (χ1) is 11.5. The Hall–Kier alpha value is -1.14. The minimum Gasteiger partial charge on any atom is -0.342 e. The number of likely N-dealkylation sites (N-methyl/N-ethyl adjacent to an activating group) is 1. The van der Waals surface area contributed by atoms with Gasteiger partial charge in [0, 0.05) is 51.2 Å². The molecule has 0 aromatic heterocycles. The molecule has 6 heteroatoms. The summed E-state index contributed by atoms with van der Waals surface area (Å²) in [5.74, 6) is 0.581. The number of hydrogen-bond acceptors (Lipinski definition) is 4. The van der Waals surface area contributed by atoms with Gasteiger partial charge in [-0.25, -0.2) is 0 Å². The molecule has 1 saturated carbocycles. The first-order valence-corrected chi connectivity index (χ1v) is 9.59. The Morgan fingerprint density at radius 1 is 1.04 bits per heavy atom. The maximum absolute atomic E-state index is 12.8. The fourth-order valence-electron chi connectivity index (χ4n) is 3.93. The third kappa shape index (κ3) is 5.18. The molecular weight excluding hydrogens is 304 g/mol.